The van der Waals surface area contributed by atoms with Crippen LogP contribution in [-0.4, -0.2) is 9.55 Å². The fraction of sp³-hybridized carbons (Fsp3) is 0.0833. The molecule has 1 heterocycles. The molecule has 0 atom stereocenters. The Hall–Kier alpha value is -3.84. The number of nitrogens with zero attached hydrogens (tertiary/aromatic N) is 3. The van der Waals surface area contributed by atoms with Crippen LogP contribution >= 0.6 is 0 Å². The van der Waals surface area contributed by atoms with E-state index in [9.17, 15) is 0 Å². The highest BCUT2D eigenvalue weighted by Gasteiger charge is 2.05. The van der Waals surface area contributed by atoms with Gasteiger partial charge in [-0.2, -0.15) is 5.26 Å². The Morgan fingerprint density at radius 2 is 1.50 bits per heavy atom. The van der Waals surface area contributed by atoms with Gasteiger partial charge in [0.15, 0.2) is 0 Å². The molecule has 0 fully saturated rings. The van der Waals surface area contributed by atoms with Crippen LogP contribution < -0.4 is 4.74 Å². The van der Waals surface area contributed by atoms with Crippen molar-refractivity contribution in [1.29, 1.82) is 5.26 Å². The highest BCUT2D eigenvalue weighted by atomic mass is 16.5. The van der Waals surface area contributed by atoms with Crippen LogP contribution in [0.2, 0.25) is 0 Å². The van der Waals surface area contributed by atoms with Gasteiger partial charge in [0.05, 0.1) is 18.0 Å². The Morgan fingerprint density at radius 3 is 2.21 bits per heavy atom. The zero-order valence-corrected chi connectivity index (χ0v) is 15.3. The standard InChI is InChI=1S/C24H19N3O/c25-15-20-8-6-19(7-9-20)14-22-16-26-18-27(22)17-21-10-12-24(13-11-21)28-23-4-2-1-3-5-23/h1-13,16,18H,14,17H2. The normalized spacial score (nSPS) is 10.4. The molecule has 0 saturated carbocycles. The van der Waals surface area contributed by atoms with E-state index >= 15 is 0 Å². The van der Waals surface area contributed by atoms with Crippen molar-refractivity contribution in [3.63, 3.8) is 0 Å². The lowest BCUT2D eigenvalue weighted by Gasteiger charge is -2.10. The molecule has 4 rings (SSSR count). The van der Waals surface area contributed by atoms with E-state index in [0.29, 0.717) is 5.56 Å². The largest absolute Gasteiger partial charge is 0.457 e. The fourth-order valence-electron chi connectivity index (χ4n) is 3.03. The predicted molar refractivity (Wildman–Crippen MR) is 108 cm³/mol. The molecule has 0 unspecified atom stereocenters. The zero-order valence-electron chi connectivity index (χ0n) is 15.3. The van der Waals surface area contributed by atoms with Crippen molar-refractivity contribution < 1.29 is 4.74 Å². The summed E-state index contributed by atoms with van der Waals surface area (Å²) < 4.78 is 7.99. The van der Waals surface area contributed by atoms with Crippen molar-refractivity contribution in [3.05, 3.63) is 114 Å². The molecule has 0 radical (unpaired) electrons. The molecular weight excluding hydrogens is 346 g/mol. The molecule has 1 aromatic heterocycles. The number of para-hydroxylation sites is 1. The molecule has 4 aromatic rings. The summed E-state index contributed by atoms with van der Waals surface area (Å²) in [5.74, 6) is 1.65. The molecule has 4 heteroatoms. The van der Waals surface area contributed by atoms with Crippen molar-refractivity contribution in [2.45, 2.75) is 13.0 Å². The van der Waals surface area contributed by atoms with Gasteiger partial charge in [-0.25, -0.2) is 4.98 Å². The molecule has 4 nitrogen and oxygen atoms in total. The SMILES string of the molecule is N#Cc1ccc(Cc2cncn2Cc2ccc(Oc3ccccc3)cc2)cc1. The van der Waals surface area contributed by atoms with Gasteiger partial charge in [0.2, 0.25) is 0 Å². The molecule has 0 aliphatic heterocycles. The summed E-state index contributed by atoms with van der Waals surface area (Å²) in [5.41, 5.74) is 4.15. The first-order chi connectivity index (χ1) is 13.8. The monoisotopic (exact) mass is 365 g/mol. The Balaban J connectivity index is 1.43. The first-order valence-electron chi connectivity index (χ1n) is 9.10. The van der Waals surface area contributed by atoms with E-state index in [0.717, 1.165) is 35.7 Å². The Morgan fingerprint density at radius 1 is 0.821 bits per heavy atom. The molecule has 0 aliphatic carbocycles. The van der Waals surface area contributed by atoms with E-state index in [1.807, 2.05) is 79.3 Å². The minimum absolute atomic E-state index is 0.676. The maximum Gasteiger partial charge on any atom is 0.127 e. The average Bonchev–Trinajstić information content (AvgIpc) is 3.17. The second kappa shape index (κ2) is 8.24. The van der Waals surface area contributed by atoms with Gasteiger partial charge in [-0.15, -0.1) is 0 Å². The molecule has 0 bridgehead atoms. The molecule has 0 aliphatic rings. The van der Waals surface area contributed by atoms with Crippen LogP contribution in [0.1, 0.15) is 22.4 Å². The lowest BCUT2D eigenvalue weighted by molar-refractivity contribution is 0.482. The van der Waals surface area contributed by atoms with Gasteiger partial charge in [0, 0.05) is 24.9 Å². The minimum Gasteiger partial charge on any atom is -0.457 e. The smallest absolute Gasteiger partial charge is 0.127 e. The van der Waals surface area contributed by atoms with E-state index < -0.39 is 0 Å². The summed E-state index contributed by atoms with van der Waals surface area (Å²) in [7, 11) is 0. The number of aromatic nitrogens is 2. The Labute approximate surface area is 164 Å². The molecular formula is C24H19N3O. The number of rotatable bonds is 6. The third-order valence-electron chi connectivity index (χ3n) is 4.52. The van der Waals surface area contributed by atoms with Crippen LogP contribution in [0.5, 0.6) is 11.5 Å². The predicted octanol–water partition coefficient (Wildman–Crippen LogP) is 5.19. The van der Waals surface area contributed by atoms with E-state index in [1.54, 1.807) is 0 Å². The number of benzene rings is 3. The van der Waals surface area contributed by atoms with Crippen LogP contribution in [-0.2, 0) is 13.0 Å². The molecule has 0 saturated heterocycles. The van der Waals surface area contributed by atoms with E-state index in [1.165, 1.54) is 5.56 Å². The Bertz CT molecular complexity index is 1080. The van der Waals surface area contributed by atoms with E-state index in [2.05, 4.69) is 27.8 Å². The van der Waals surface area contributed by atoms with Crippen LogP contribution in [0.25, 0.3) is 0 Å². The quantitative estimate of drug-likeness (QED) is 0.473. The van der Waals surface area contributed by atoms with Gasteiger partial charge < -0.3 is 9.30 Å². The molecule has 0 spiro atoms. The van der Waals surface area contributed by atoms with Crippen molar-refractivity contribution in [2.24, 2.45) is 0 Å². The molecule has 28 heavy (non-hydrogen) atoms. The fourth-order valence-corrected chi connectivity index (χ4v) is 3.03. The number of hydrogen-bond acceptors (Lipinski definition) is 3. The van der Waals surface area contributed by atoms with Crippen LogP contribution in [0.15, 0.2) is 91.4 Å². The lowest BCUT2D eigenvalue weighted by atomic mass is 10.1. The molecule has 0 amide bonds. The molecule has 136 valence electrons. The summed E-state index contributed by atoms with van der Waals surface area (Å²) >= 11 is 0. The lowest BCUT2D eigenvalue weighted by Crippen LogP contribution is -2.04. The van der Waals surface area contributed by atoms with E-state index in [-0.39, 0.29) is 0 Å². The summed E-state index contributed by atoms with van der Waals surface area (Å²) in [6.45, 7) is 0.747. The summed E-state index contributed by atoms with van der Waals surface area (Å²) in [5, 5.41) is 8.92. The van der Waals surface area contributed by atoms with Gasteiger partial charge in [-0.05, 0) is 47.5 Å². The second-order valence-electron chi connectivity index (χ2n) is 6.56. The van der Waals surface area contributed by atoms with Crippen molar-refractivity contribution in [1.82, 2.24) is 9.55 Å². The van der Waals surface area contributed by atoms with Gasteiger partial charge in [0.1, 0.15) is 11.5 Å². The minimum atomic E-state index is 0.676. The van der Waals surface area contributed by atoms with Crippen molar-refractivity contribution >= 4 is 0 Å². The Kier molecular flexibility index (Phi) is 5.17. The van der Waals surface area contributed by atoms with Gasteiger partial charge in [-0.3, -0.25) is 0 Å². The molecule has 3 aromatic carbocycles. The number of ether oxygens (including phenoxy) is 1. The summed E-state index contributed by atoms with van der Waals surface area (Å²) in [6.07, 6.45) is 4.53. The van der Waals surface area contributed by atoms with Gasteiger partial charge in [-0.1, -0.05) is 42.5 Å². The van der Waals surface area contributed by atoms with Gasteiger partial charge in [0.25, 0.3) is 0 Å². The summed E-state index contributed by atoms with van der Waals surface area (Å²) in [4.78, 5) is 4.31. The average molecular weight is 365 g/mol. The maximum atomic E-state index is 8.92. The topological polar surface area (TPSA) is 50.8 Å². The third-order valence-corrected chi connectivity index (χ3v) is 4.52. The second-order valence-corrected chi connectivity index (χ2v) is 6.56. The summed E-state index contributed by atoms with van der Waals surface area (Å²) in [6, 6.07) is 27.7. The van der Waals surface area contributed by atoms with Gasteiger partial charge >= 0.3 is 0 Å². The number of nitriles is 1. The van der Waals surface area contributed by atoms with Crippen LogP contribution in [0.4, 0.5) is 0 Å². The highest BCUT2D eigenvalue weighted by molar-refractivity contribution is 5.34. The third kappa shape index (κ3) is 4.28. The highest BCUT2D eigenvalue weighted by Crippen LogP contribution is 2.21. The zero-order chi connectivity index (χ0) is 19.2. The first kappa shape index (κ1) is 17.6. The van der Waals surface area contributed by atoms with Crippen LogP contribution in [0, 0.1) is 11.3 Å². The molecule has 0 N–H and O–H groups in total. The first-order valence-corrected chi connectivity index (χ1v) is 9.10. The van der Waals surface area contributed by atoms with E-state index in [4.69, 9.17) is 10.00 Å². The number of hydrogen-bond donors (Lipinski definition) is 0. The number of imidazole rings is 1. The van der Waals surface area contributed by atoms with Crippen molar-refractivity contribution in [2.75, 3.05) is 0 Å². The van der Waals surface area contributed by atoms with Crippen LogP contribution in [0.3, 0.4) is 0 Å². The maximum absolute atomic E-state index is 8.92. The van der Waals surface area contributed by atoms with Crippen molar-refractivity contribution in [3.8, 4) is 17.6 Å².